The van der Waals surface area contributed by atoms with Crippen molar-refractivity contribution in [2.75, 3.05) is 10.2 Å². The van der Waals surface area contributed by atoms with E-state index in [2.05, 4.69) is 70.9 Å². The van der Waals surface area contributed by atoms with E-state index in [0.717, 1.165) is 42.3 Å². The summed E-state index contributed by atoms with van der Waals surface area (Å²) in [5.41, 5.74) is 4.91. The summed E-state index contributed by atoms with van der Waals surface area (Å²) in [7, 11) is 0. The van der Waals surface area contributed by atoms with E-state index >= 15 is 0 Å². The lowest BCUT2D eigenvalue weighted by atomic mass is 10.1. The van der Waals surface area contributed by atoms with Crippen LogP contribution in [0.1, 0.15) is 16.7 Å². The van der Waals surface area contributed by atoms with Gasteiger partial charge < -0.3 is 10.2 Å². The Kier molecular flexibility index (Phi) is 3.94. The predicted octanol–water partition coefficient (Wildman–Crippen LogP) is 4.76. The molecule has 2 heterocycles. The zero-order valence-corrected chi connectivity index (χ0v) is 15.0. The lowest BCUT2D eigenvalue weighted by Gasteiger charge is -2.18. The van der Waals surface area contributed by atoms with E-state index in [1.807, 2.05) is 18.2 Å². The monoisotopic (exact) mass is 352 g/mol. The largest absolute Gasteiger partial charge is 0.365 e. The van der Waals surface area contributed by atoms with Crippen LogP contribution in [0.4, 0.5) is 11.8 Å². The Morgan fingerprint density at radius 3 is 2.19 bits per heavy atom. The molecule has 0 fully saturated rings. The number of nitrogens with zero attached hydrogens (tertiary/aromatic N) is 3. The van der Waals surface area contributed by atoms with Gasteiger partial charge in [-0.15, -0.1) is 0 Å². The molecule has 0 radical (unpaired) electrons. The normalized spacial score (nSPS) is 13.0. The summed E-state index contributed by atoms with van der Waals surface area (Å²) in [4.78, 5) is 12.0. The lowest BCUT2D eigenvalue weighted by Crippen LogP contribution is -2.18. The fourth-order valence-corrected chi connectivity index (χ4v) is 3.60. The SMILES string of the molecule is c1ccc(CNc2nc(N3Cc4ccccc4C3)nc3ccccc23)cc1. The summed E-state index contributed by atoms with van der Waals surface area (Å²) in [6.45, 7) is 2.45. The van der Waals surface area contributed by atoms with Crippen LogP contribution in [0.25, 0.3) is 10.9 Å². The lowest BCUT2D eigenvalue weighted by molar-refractivity contribution is 0.834. The first-order chi connectivity index (χ1) is 13.4. The van der Waals surface area contributed by atoms with Gasteiger partial charge in [-0.1, -0.05) is 66.7 Å². The first kappa shape index (κ1) is 15.8. The molecular weight excluding hydrogens is 332 g/mol. The van der Waals surface area contributed by atoms with Crippen molar-refractivity contribution in [1.29, 1.82) is 0 Å². The Hall–Kier alpha value is -3.40. The number of hydrogen-bond acceptors (Lipinski definition) is 4. The van der Waals surface area contributed by atoms with Crippen molar-refractivity contribution in [3.05, 3.63) is 95.6 Å². The van der Waals surface area contributed by atoms with Gasteiger partial charge in [-0.25, -0.2) is 4.98 Å². The Morgan fingerprint density at radius 1 is 0.741 bits per heavy atom. The van der Waals surface area contributed by atoms with Gasteiger partial charge in [0.15, 0.2) is 0 Å². The smallest absolute Gasteiger partial charge is 0.228 e. The number of anilines is 2. The molecule has 4 aromatic rings. The standard InChI is InChI=1S/C23H20N4/c1-2-8-17(9-3-1)14-24-22-20-12-6-7-13-21(20)25-23(26-22)27-15-18-10-4-5-11-19(18)16-27/h1-13H,14-16H2,(H,24,25,26). The van der Waals surface area contributed by atoms with Crippen LogP contribution in [0, 0.1) is 0 Å². The second kappa shape index (κ2) is 6.72. The van der Waals surface area contributed by atoms with Gasteiger partial charge in [0.1, 0.15) is 5.82 Å². The molecule has 0 amide bonds. The van der Waals surface area contributed by atoms with Gasteiger partial charge in [-0.3, -0.25) is 0 Å². The molecule has 0 saturated heterocycles. The predicted molar refractivity (Wildman–Crippen MR) is 110 cm³/mol. The molecule has 4 heteroatoms. The van der Waals surface area contributed by atoms with Gasteiger partial charge in [0.2, 0.25) is 5.95 Å². The van der Waals surface area contributed by atoms with Gasteiger partial charge in [0, 0.05) is 25.0 Å². The van der Waals surface area contributed by atoms with Crippen molar-refractivity contribution >= 4 is 22.7 Å². The Balaban J connectivity index is 1.49. The molecule has 132 valence electrons. The Labute approximate surface area is 158 Å². The number of nitrogens with one attached hydrogen (secondary N) is 1. The van der Waals surface area contributed by atoms with Crippen LogP contribution in [0.2, 0.25) is 0 Å². The molecular formula is C23H20N4. The maximum Gasteiger partial charge on any atom is 0.228 e. The number of fused-ring (bicyclic) bond motifs is 2. The highest BCUT2D eigenvalue weighted by atomic mass is 15.3. The maximum atomic E-state index is 4.88. The van der Waals surface area contributed by atoms with Gasteiger partial charge >= 0.3 is 0 Å². The number of benzene rings is 3. The molecule has 1 N–H and O–H groups in total. The first-order valence-corrected chi connectivity index (χ1v) is 9.23. The van der Waals surface area contributed by atoms with E-state index in [1.165, 1.54) is 16.7 Å². The second-order valence-corrected chi connectivity index (χ2v) is 6.85. The molecule has 3 aromatic carbocycles. The first-order valence-electron chi connectivity index (χ1n) is 9.23. The molecule has 1 aliphatic heterocycles. The van der Waals surface area contributed by atoms with Crippen LogP contribution in [-0.2, 0) is 19.6 Å². The molecule has 4 nitrogen and oxygen atoms in total. The summed E-state index contributed by atoms with van der Waals surface area (Å²) in [6, 6.07) is 27.1. The zero-order valence-electron chi connectivity index (χ0n) is 15.0. The summed E-state index contributed by atoms with van der Waals surface area (Å²) in [5, 5.41) is 4.56. The van der Waals surface area contributed by atoms with Gasteiger partial charge in [0.05, 0.1) is 5.52 Å². The minimum Gasteiger partial charge on any atom is -0.365 e. The molecule has 1 aromatic heterocycles. The van der Waals surface area contributed by atoms with E-state index in [-0.39, 0.29) is 0 Å². The zero-order chi connectivity index (χ0) is 18.1. The molecule has 0 aliphatic carbocycles. The molecule has 0 atom stereocenters. The quantitative estimate of drug-likeness (QED) is 0.575. The van der Waals surface area contributed by atoms with Crippen LogP contribution in [0.5, 0.6) is 0 Å². The van der Waals surface area contributed by atoms with E-state index < -0.39 is 0 Å². The van der Waals surface area contributed by atoms with E-state index in [1.54, 1.807) is 0 Å². The molecule has 5 rings (SSSR count). The molecule has 0 saturated carbocycles. The Bertz CT molecular complexity index is 1070. The second-order valence-electron chi connectivity index (χ2n) is 6.85. The fourth-order valence-electron chi connectivity index (χ4n) is 3.60. The van der Waals surface area contributed by atoms with Crippen LogP contribution < -0.4 is 10.2 Å². The molecule has 27 heavy (non-hydrogen) atoms. The minimum atomic E-state index is 0.738. The average molecular weight is 352 g/mol. The highest BCUT2D eigenvalue weighted by molar-refractivity contribution is 5.90. The third-order valence-corrected chi connectivity index (χ3v) is 5.02. The number of aromatic nitrogens is 2. The van der Waals surface area contributed by atoms with Crippen molar-refractivity contribution < 1.29 is 0 Å². The summed E-state index contributed by atoms with van der Waals surface area (Å²) < 4.78 is 0. The summed E-state index contributed by atoms with van der Waals surface area (Å²) in [6.07, 6.45) is 0. The van der Waals surface area contributed by atoms with E-state index in [9.17, 15) is 0 Å². The number of para-hydroxylation sites is 1. The van der Waals surface area contributed by atoms with Crippen molar-refractivity contribution in [2.45, 2.75) is 19.6 Å². The number of hydrogen-bond donors (Lipinski definition) is 1. The van der Waals surface area contributed by atoms with Crippen molar-refractivity contribution in [3.63, 3.8) is 0 Å². The Morgan fingerprint density at radius 2 is 1.41 bits per heavy atom. The van der Waals surface area contributed by atoms with E-state index in [4.69, 9.17) is 9.97 Å². The van der Waals surface area contributed by atoms with Crippen molar-refractivity contribution in [3.8, 4) is 0 Å². The van der Waals surface area contributed by atoms with Crippen LogP contribution >= 0.6 is 0 Å². The molecule has 0 unspecified atom stereocenters. The molecule has 0 bridgehead atoms. The van der Waals surface area contributed by atoms with Gasteiger partial charge in [0.25, 0.3) is 0 Å². The summed E-state index contributed by atoms with van der Waals surface area (Å²) in [5.74, 6) is 1.66. The highest BCUT2D eigenvalue weighted by Gasteiger charge is 2.21. The average Bonchev–Trinajstić information content (AvgIpc) is 3.17. The topological polar surface area (TPSA) is 41.1 Å². The number of rotatable bonds is 4. The third-order valence-electron chi connectivity index (χ3n) is 5.02. The fraction of sp³-hybridized carbons (Fsp3) is 0.130. The minimum absolute atomic E-state index is 0.738. The van der Waals surface area contributed by atoms with E-state index in [0.29, 0.717) is 0 Å². The van der Waals surface area contributed by atoms with Crippen LogP contribution in [0.15, 0.2) is 78.9 Å². The molecule has 0 spiro atoms. The van der Waals surface area contributed by atoms with Gasteiger partial charge in [-0.05, 0) is 28.8 Å². The maximum absolute atomic E-state index is 4.88. The van der Waals surface area contributed by atoms with Crippen molar-refractivity contribution in [1.82, 2.24) is 9.97 Å². The molecule has 1 aliphatic rings. The van der Waals surface area contributed by atoms with Crippen molar-refractivity contribution in [2.24, 2.45) is 0 Å². The van der Waals surface area contributed by atoms with Crippen LogP contribution in [0.3, 0.4) is 0 Å². The summed E-state index contributed by atoms with van der Waals surface area (Å²) >= 11 is 0. The highest BCUT2D eigenvalue weighted by Crippen LogP contribution is 2.29. The van der Waals surface area contributed by atoms with Crippen LogP contribution in [-0.4, -0.2) is 9.97 Å². The third kappa shape index (κ3) is 3.10. The van der Waals surface area contributed by atoms with Gasteiger partial charge in [-0.2, -0.15) is 4.98 Å².